The molecule has 2 saturated carbocycles. The highest BCUT2D eigenvalue weighted by atomic mass is 35.5. The SMILES string of the molecule is NCC1(NC(=O)C2CCC(C(F)(F)c3cc(Cl)nc(N4CCN(S(=O)(=O)c5ccc(N6CCCC6=O)cc5)CC4)c3)CC2)CC1. The Hall–Kier alpha value is -2.87. The number of nitrogens with zero attached hydrogens (tertiary/aromatic N) is 4. The van der Waals surface area contributed by atoms with Gasteiger partial charge in [0.05, 0.1) is 10.4 Å². The summed E-state index contributed by atoms with van der Waals surface area (Å²) in [7, 11) is -3.79. The van der Waals surface area contributed by atoms with Crippen molar-refractivity contribution in [1.82, 2.24) is 14.6 Å². The Kier molecular flexibility index (Phi) is 8.83. The first-order valence-electron chi connectivity index (χ1n) is 15.7. The zero-order valence-corrected chi connectivity index (χ0v) is 26.6. The Balaban J connectivity index is 1.07. The molecule has 2 saturated heterocycles. The lowest BCUT2D eigenvalue weighted by Gasteiger charge is -2.36. The van der Waals surface area contributed by atoms with E-state index in [0.29, 0.717) is 38.0 Å². The highest BCUT2D eigenvalue weighted by Gasteiger charge is 2.47. The number of nitrogens with one attached hydrogen (secondary N) is 1. The number of anilines is 2. The number of rotatable bonds is 9. The summed E-state index contributed by atoms with van der Waals surface area (Å²) < 4.78 is 59.8. The molecule has 0 radical (unpaired) electrons. The second-order valence-corrected chi connectivity index (χ2v) is 15.0. The molecule has 10 nitrogen and oxygen atoms in total. The second kappa shape index (κ2) is 12.4. The zero-order chi connectivity index (χ0) is 32.0. The molecule has 0 spiro atoms. The van der Waals surface area contributed by atoms with Crippen molar-refractivity contribution in [1.29, 1.82) is 0 Å². The Morgan fingerprint density at radius 3 is 2.29 bits per heavy atom. The van der Waals surface area contributed by atoms with Crippen LogP contribution in [0.1, 0.15) is 56.9 Å². The molecule has 3 heterocycles. The molecule has 0 bridgehead atoms. The van der Waals surface area contributed by atoms with Crippen LogP contribution in [0.4, 0.5) is 20.3 Å². The molecule has 4 fully saturated rings. The van der Waals surface area contributed by atoms with Gasteiger partial charge in [0.2, 0.25) is 21.8 Å². The molecular formula is C31H39ClF2N6O4S. The van der Waals surface area contributed by atoms with Crippen molar-refractivity contribution in [3.63, 3.8) is 0 Å². The number of aromatic nitrogens is 1. The maximum Gasteiger partial charge on any atom is 0.276 e. The number of pyridine rings is 1. The van der Waals surface area contributed by atoms with Crippen LogP contribution >= 0.6 is 11.6 Å². The predicted molar refractivity (Wildman–Crippen MR) is 167 cm³/mol. The van der Waals surface area contributed by atoms with Crippen LogP contribution in [0.2, 0.25) is 5.15 Å². The Morgan fingerprint density at radius 2 is 1.71 bits per heavy atom. The molecule has 0 atom stereocenters. The van der Waals surface area contributed by atoms with E-state index in [1.807, 2.05) is 0 Å². The van der Waals surface area contributed by atoms with E-state index in [4.69, 9.17) is 17.3 Å². The van der Waals surface area contributed by atoms with Gasteiger partial charge in [-0.3, -0.25) is 9.59 Å². The van der Waals surface area contributed by atoms with Gasteiger partial charge >= 0.3 is 0 Å². The van der Waals surface area contributed by atoms with Crippen molar-refractivity contribution >= 4 is 44.9 Å². The summed E-state index contributed by atoms with van der Waals surface area (Å²) >= 11 is 6.25. The average molecular weight is 665 g/mol. The van der Waals surface area contributed by atoms with Crippen LogP contribution in [0.25, 0.3) is 0 Å². The lowest BCUT2D eigenvalue weighted by molar-refractivity contribution is -0.130. The molecule has 1 aromatic heterocycles. The van der Waals surface area contributed by atoms with Gasteiger partial charge in [0.15, 0.2) is 0 Å². The normalized spacial score (nSPS) is 24.1. The van der Waals surface area contributed by atoms with E-state index in [1.165, 1.54) is 28.6 Å². The van der Waals surface area contributed by atoms with Gasteiger partial charge < -0.3 is 20.9 Å². The first kappa shape index (κ1) is 32.1. The number of piperazine rings is 1. The monoisotopic (exact) mass is 664 g/mol. The van der Waals surface area contributed by atoms with Gasteiger partial charge in [0.1, 0.15) is 11.0 Å². The number of nitrogens with two attached hydrogens (primary N) is 1. The highest BCUT2D eigenvalue weighted by molar-refractivity contribution is 7.89. The van der Waals surface area contributed by atoms with Crippen molar-refractivity contribution in [2.75, 3.05) is 49.1 Å². The number of alkyl halides is 2. The summed E-state index contributed by atoms with van der Waals surface area (Å²) in [4.78, 5) is 32.6. The third-order valence-corrected chi connectivity index (χ3v) is 11.9. The summed E-state index contributed by atoms with van der Waals surface area (Å²) in [6.45, 7) is 1.80. The maximum absolute atomic E-state index is 15.9. The predicted octanol–water partition coefficient (Wildman–Crippen LogP) is 3.88. The third-order valence-electron chi connectivity index (χ3n) is 9.83. The van der Waals surface area contributed by atoms with E-state index in [-0.39, 0.29) is 83.7 Å². The maximum atomic E-state index is 15.9. The molecule has 45 heavy (non-hydrogen) atoms. The largest absolute Gasteiger partial charge is 0.354 e. The van der Waals surface area contributed by atoms with E-state index in [9.17, 15) is 18.0 Å². The molecule has 4 aliphatic rings. The number of sulfonamides is 1. The van der Waals surface area contributed by atoms with E-state index >= 15 is 8.78 Å². The van der Waals surface area contributed by atoms with Crippen LogP contribution in [0.3, 0.4) is 0 Å². The Morgan fingerprint density at radius 1 is 1.04 bits per heavy atom. The number of carbonyl (C=O) groups excluding carboxylic acids is 2. The highest BCUT2D eigenvalue weighted by Crippen LogP contribution is 2.46. The summed E-state index contributed by atoms with van der Waals surface area (Å²) in [6.07, 6.45) is 4.17. The molecule has 2 aliphatic carbocycles. The van der Waals surface area contributed by atoms with Crippen molar-refractivity contribution < 1.29 is 26.8 Å². The molecule has 14 heteroatoms. The molecule has 1 aromatic carbocycles. The fourth-order valence-electron chi connectivity index (χ4n) is 6.71. The standard InChI is InChI=1S/C31H39ClF2N6O4S/c32-26-18-23(31(33,34)22-5-3-21(4-6-22)29(42)37-30(20-35)11-12-30)19-27(36-26)38-14-16-39(17-15-38)45(43,44)25-9-7-24(8-10-25)40-13-1-2-28(40)41/h7-10,18-19,21-22H,1-6,11-17,20,35H2,(H,37,42). The number of hydrogen-bond donors (Lipinski definition) is 2. The summed E-state index contributed by atoms with van der Waals surface area (Å²) in [5, 5.41) is 2.97. The molecule has 3 N–H and O–H groups in total. The van der Waals surface area contributed by atoms with Crippen LogP contribution in [-0.4, -0.2) is 74.3 Å². The molecule has 2 amide bonds. The topological polar surface area (TPSA) is 129 Å². The van der Waals surface area contributed by atoms with E-state index < -0.39 is 21.9 Å². The second-order valence-electron chi connectivity index (χ2n) is 12.7. The average Bonchev–Trinajstić information content (AvgIpc) is 3.69. The van der Waals surface area contributed by atoms with Gasteiger partial charge in [0.25, 0.3) is 5.92 Å². The van der Waals surface area contributed by atoms with Gasteiger partial charge in [-0.15, -0.1) is 0 Å². The number of halogens is 3. The van der Waals surface area contributed by atoms with Crippen LogP contribution < -0.4 is 20.9 Å². The molecule has 6 rings (SSSR count). The van der Waals surface area contributed by atoms with E-state index in [1.54, 1.807) is 21.9 Å². The molecular weight excluding hydrogens is 626 g/mol. The number of benzene rings is 1. The minimum absolute atomic E-state index is 0.0268. The molecule has 0 unspecified atom stereocenters. The molecule has 2 aromatic rings. The van der Waals surface area contributed by atoms with Gasteiger partial charge in [-0.1, -0.05) is 11.6 Å². The molecule has 244 valence electrons. The van der Waals surface area contributed by atoms with Crippen LogP contribution in [0.15, 0.2) is 41.3 Å². The van der Waals surface area contributed by atoms with Gasteiger partial charge in [0, 0.05) is 68.8 Å². The van der Waals surface area contributed by atoms with Crippen molar-refractivity contribution in [3.8, 4) is 0 Å². The number of carbonyl (C=O) groups is 2. The van der Waals surface area contributed by atoms with E-state index in [2.05, 4.69) is 10.3 Å². The van der Waals surface area contributed by atoms with Crippen LogP contribution in [0.5, 0.6) is 0 Å². The summed E-state index contributed by atoms with van der Waals surface area (Å²) in [5.74, 6) is -4.19. The van der Waals surface area contributed by atoms with Gasteiger partial charge in [-0.25, -0.2) is 22.2 Å². The fourth-order valence-corrected chi connectivity index (χ4v) is 8.34. The van der Waals surface area contributed by atoms with Crippen molar-refractivity contribution in [3.05, 3.63) is 47.1 Å². The number of hydrogen-bond acceptors (Lipinski definition) is 7. The van der Waals surface area contributed by atoms with Crippen molar-refractivity contribution in [2.24, 2.45) is 17.6 Å². The summed E-state index contributed by atoms with van der Waals surface area (Å²) in [6, 6.07) is 8.87. The minimum Gasteiger partial charge on any atom is -0.354 e. The van der Waals surface area contributed by atoms with Crippen LogP contribution in [0, 0.1) is 11.8 Å². The zero-order valence-electron chi connectivity index (χ0n) is 25.1. The lowest BCUT2D eigenvalue weighted by atomic mass is 9.77. The van der Waals surface area contributed by atoms with E-state index in [0.717, 1.165) is 19.3 Å². The first-order chi connectivity index (χ1) is 21.4. The first-order valence-corrected chi connectivity index (χ1v) is 17.5. The van der Waals surface area contributed by atoms with Crippen LogP contribution in [-0.2, 0) is 25.5 Å². The third kappa shape index (κ3) is 6.54. The molecule has 2 aliphatic heterocycles. The van der Waals surface area contributed by atoms with Crippen molar-refractivity contribution in [2.45, 2.75) is 67.7 Å². The Bertz CT molecular complexity index is 1540. The van der Waals surface area contributed by atoms with Gasteiger partial charge in [-0.2, -0.15) is 4.31 Å². The minimum atomic E-state index is -3.79. The fraction of sp³-hybridized carbons (Fsp3) is 0.581. The smallest absolute Gasteiger partial charge is 0.276 e. The quantitative estimate of drug-likeness (QED) is 0.390. The lowest BCUT2D eigenvalue weighted by Crippen LogP contribution is -2.49. The Labute approximate surface area is 267 Å². The van der Waals surface area contributed by atoms with Gasteiger partial charge in [-0.05, 0) is 81.3 Å². The summed E-state index contributed by atoms with van der Waals surface area (Å²) in [5.41, 5.74) is 5.92. The number of amides is 2.